The van der Waals surface area contributed by atoms with Crippen LogP contribution in [0, 0.1) is 35.0 Å². The van der Waals surface area contributed by atoms with Crippen molar-refractivity contribution in [1.29, 1.82) is 5.26 Å². The van der Waals surface area contributed by atoms with Crippen LogP contribution in [0.25, 0.3) is 28.0 Å². The van der Waals surface area contributed by atoms with Crippen molar-refractivity contribution in [3.63, 3.8) is 0 Å². The molecule has 1 saturated heterocycles. The zero-order valence-corrected chi connectivity index (χ0v) is 30.1. The summed E-state index contributed by atoms with van der Waals surface area (Å²) >= 11 is 0. The number of nitriles is 1. The van der Waals surface area contributed by atoms with Gasteiger partial charge in [0.25, 0.3) is 5.91 Å². The van der Waals surface area contributed by atoms with Crippen molar-refractivity contribution in [3.8, 4) is 28.9 Å². The smallest absolute Gasteiger partial charge is 0.434 e. The van der Waals surface area contributed by atoms with Crippen LogP contribution in [0.2, 0.25) is 0 Å². The summed E-state index contributed by atoms with van der Waals surface area (Å²) in [5.74, 6) is -0.664. The first-order valence-electron chi connectivity index (χ1n) is 18.9. The summed E-state index contributed by atoms with van der Waals surface area (Å²) in [7, 11) is 0. The number of aliphatic carboxylic acids is 1. The van der Waals surface area contributed by atoms with Gasteiger partial charge in [0, 0.05) is 61.5 Å². The molecule has 4 aliphatic carbocycles. The summed E-state index contributed by atoms with van der Waals surface area (Å²) in [5.41, 5.74) is -2.79. The van der Waals surface area contributed by atoms with Gasteiger partial charge in [-0.15, -0.1) is 0 Å². The molecule has 10 rings (SSSR count). The van der Waals surface area contributed by atoms with Crippen molar-refractivity contribution in [1.82, 2.24) is 29.8 Å². The van der Waals surface area contributed by atoms with E-state index in [-0.39, 0.29) is 29.3 Å². The lowest BCUT2D eigenvalue weighted by atomic mass is 9.48. The second-order valence-corrected chi connectivity index (χ2v) is 15.5. The number of anilines is 1. The van der Waals surface area contributed by atoms with Crippen LogP contribution in [0.1, 0.15) is 66.7 Å². The number of benzene rings is 1. The number of hydrogen-bond acceptors (Lipinski definition) is 9. The molecule has 15 heteroatoms. The number of pyridine rings is 2. The van der Waals surface area contributed by atoms with E-state index >= 15 is 0 Å². The lowest BCUT2D eigenvalue weighted by molar-refractivity contribution is -0.163. The van der Waals surface area contributed by atoms with Gasteiger partial charge in [0.05, 0.1) is 16.8 Å². The van der Waals surface area contributed by atoms with Crippen LogP contribution >= 0.6 is 0 Å². The van der Waals surface area contributed by atoms with E-state index in [1.165, 1.54) is 6.07 Å². The number of carbonyl (C=O) groups is 2. The minimum Gasteiger partial charge on any atom is -0.490 e. The summed E-state index contributed by atoms with van der Waals surface area (Å²) in [4.78, 5) is 46.0. The fourth-order valence-corrected chi connectivity index (χ4v) is 9.91. The Balaban J connectivity index is 1.06. The molecule has 0 atom stereocenters. The molecular weight excluding hydrogens is 725 g/mol. The molecule has 4 saturated carbocycles. The van der Waals surface area contributed by atoms with Crippen molar-refractivity contribution in [2.24, 2.45) is 23.7 Å². The lowest BCUT2D eigenvalue weighted by Crippen LogP contribution is -2.70. The maximum absolute atomic E-state index is 14.9. The van der Waals surface area contributed by atoms with E-state index in [1.54, 1.807) is 65.6 Å². The average molecular weight is 763 g/mol. The largest absolute Gasteiger partial charge is 0.490 e. The standard InChI is InChI=1S/C41H37F3N8O4/c42-41(43,44)36-31(37(53)50-40(38(54)55)25-16-23-15-24(18-25)19-26(40)17-23)7-8-33(49-36)32-22-52(35-4-1-3-27(21-45)48-35)34-20-29(5-6-30(32)34)56-28-9-13-51(14-10-28)39-46-11-2-12-47-39/h1-8,11-12,20,22-26,28H,9-10,13-19H2,(H,50,53)(H,54,55). The third-order valence-electron chi connectivity index (χ3n) is 12.2. The number of carboxylic acids is 1. The Morgan fingerprint density at radius 3 is 2.30 bits per heavy atom. The molecule has 5 fully saturated rings. The van der Waals surface area contributed by atoms with Crippen molar-refractivity contribution >= 4 is 28.7 Å². The van der Waals surface area contributed by atoms with Gasteiger partial charge in [0.2, 0.25) is 5.95 Å². The molecule has 56 heavy (non-hydrogen) atoms. The first kappa shape index (κ1) is 35.6. The van der Waals surface area contributed by atoms with Gasteiger partial charge in [-0.05, 0) is 98.2 Å². The fraction of sp³-hybridized carbons (Fsp3) is 0.390. The summed E-state index contributed by atoms with van der Waals surface area (Å²) in [5, 5.41) is 23.3. The number of nitrogens with zero attached hydrogens (tertiary/aromatic N) is 7. The van der Waals surface area contributed by atoms with Gasteiger partial charge in [-0.1, -0.05) is 6.07 Å². The van der Waals surface area contributed by atoms with E-state index in [1.807, 2.05) is 6.07 Å². The van der Waals surface area contributed by atoms with Gasteiger partial charge >= 0.3 is 12.1 Å². The molecular formula is C41H37F3N8O4. The monoisotopic (exact) mass is 762 g/mol. The molecule has 0 unspecified atom stereocenters. The number of ether oxygens (including phenoxy) is 1. The van der Waals surface area contributed by atoms with E-state index in [0.717, 1.165) is 12.5 Å². The minimum atomic E-state index is -5.03. The SMILES string of the molecule is N#Cc1cccc(-n2cc(-c3ccc(C(=O)NC4(C(=O)O)C5CC6CC(C5)CC4C6)c(C(F)(F)F)n3)c3ccc(OC4CCN(c5ncccn5)CC4)cc32)n1. The Bertz CT molecular complexity index is 2360. The minimum absolute atomic E-state index is 0.0548. The highest BCUT2D eigenvalue weighted by Gasteiger charge is 2.62. The molecule has 5 aliphatic rings. The predicted molar refractivity (Wildman–Crippen MR) is 197 cm³/mol. The van der Waals surface area contributed by atoms with Gasteiger partial charge in [-0.3, -0.25) is 4.79 Å². The number of amides is 1. The molecule has 1 aliphatic heterocycles. The first-order valence-corrected chi connectivity index (χ1v) is 18.9. The molecule has 5 heterocycles. The van der Waals surface area contributed by atoms with Gasteiger partial charge in [-0.2, -0.15) is 18.4 Å². The van der Waals surface area contributed by atoms with Crippen molar-refractivity contribution in [2.75, 3.05) is 18.0 Å². The zero-order valence-electron chi connectivity index (χ0n) is 30.1. The second kappa shape index (κ2) is 13.6. The number of alkyl halides is 3. The molecule has 4 bridgehead atoms. The number of hydrogen-bond donors (Lipinski definition) is 2. The summed E-state index contributed by atoms with van der Waals surface area (Å²) < 4.78 is 52.7. The van der Waals surface area contributed by atoms with E-state index in [0.29, 0.717) is 97.4 Å². The number of aromatic nitrogens is 5. The number of rotatable bonds is 8. The summed E-state index contributed by atoms with van der Waals surface area (Å²) in [6.07, 6.45) is 4.87. The van der Waals surface area contributed by atoms with Gasteiger partial charge in [0.1, 0.15) is 35.0 Å². The summed E-state index contributed by atoms with van der Waals surface area (Å²) in [6, 6.07) is 16.4. The van der Waals surface area contributed by atoms with E-state index in [4.69, 9.17) is 4.74 Å². The van der Waals surface area contributed by atoms with Crippen LogP contribution in [0.3, 0.4) is 0 Å². The molecule has 12 nitrogen and oxygen atoms in total. The van der Waals surface area contributed by atoms with Crippen molar-refractivity contribution < 1.29 is 32.6 Å². The highest BCUT2D eigenvalue weighted by atomic mass is 19.4. The molecule has 0 spiro atoms. The number of piperidine rings is 1. The highest BCUT2D eigenvalue weighted by Crippen LogP contribution is 2.58. The maximum Gasteiger partial charge on any atom is 0.434 e. The lowest BCUT2D eigenvalue weighted by Gasteiger charge is -2.59. The fourth-order valence-electron chi connectivity index (χ4n) is 9.91. The maximum atomic E-state index is 14.9. The van der Waals surface area contributed by atoms with Crippen LogP contribution in [0.4, 0.5) is 19.1 Å². The molecule has 286 valence electrons. The molecule has 0 radical (unpaired) electrons. The van der Waals surface area contributed by atoms with Gasteiger partial charge < -0.3 is 24.6 Å². The van der Waals surface area contributed by atoms with E-state index in [9.17, 15) is 33.1 Å². The molecule has 1 aromatic carbocycles. The van der Waals surface area contributed by atoms with Crippen molar-refractivity contribution in [2.45, 2.75) is 62.8 Å². The molecule has 2 N–H and O–H groups in total. The van der Waals surface area contributed by atoms with Crippen molar-refractivity contribution in [3.05, 3.63) is 90.1 Å². The number of carbonyl (C=O) groups excluding carboxylic acids is 1. The Labute approximate surface area is 319 Å². The topological polar surface area (TPSA) is 159 Å². The highest BCUT2D eigenvalue weighted by molar-refractivity contribution is 6.01. The van der Waals surface area contributed by atoms with Gasteiger partial charge in [-0.25, -0.2) is 24.7 Å². The van der Waals surface area contributed by atoms with E-state index < -0.39 is 34.8 Å². The van der Waals surface area contributed by atoms with Crippen LogP contribution < -0.4 is 15.0 Å². The van der Waals surface area contributed by atoms with Gasteiger partial charge in [0.15, 0.2) is 5.69 Å². The quantitative estimate of drug-likeness (QED) is 0.172. The zero-order chi connectivity index (χ0) is 38.8. The molecule has 5 aromatic rings. The number of halogens is 3. The normalized spacial score (nSPS) is 24.6. The summed E-state index contributed by atoms with van der Waals surface area (Å²) in [6.45, 7) is 1.39. The Morgan fingerprint density at radius 1 is 0.929 bits per heavy atom. The number of nitrogens with one attached hydrogen (secondary N) is 1. The molecule has 4 aromatic heterocycles. The van der Waals surface area contributed by atoms with Crippen LogP contribution in [0.5, 0.6) is 5.75 Å². The number of fused-ring (bicyclic) bond motifs is 1. The van der Waals surface area contributed by atoms with Crippen LogP contribution in [-0.2, 0) is 11.0 Å². The average Bonchev–Trinajstić information content (AvgIpc) is 3.58. The molecule has 1 amide bonds. The van der Waals surface area contributed by atoms with Crippen LogP contribution in [-0.4, -0.2) is 66.2 Å². The van der Waals surface area contributed by atoms with Crippen LogP contribution in [0.15, 0.2) is 73.2 Å². The van der Waals surface area contributed by atoms with E-state index in [2.05, 4.69) is 30.2 Å². The Morgan fingerprint density at radius 2 is 1.64 bits per heavy atom. The first-order chi connectivity index (χ1) is 27.0. The number of carboxylic acid groups (broad SMARTS) is 1. The third-order valence-corrected chi connectivity index (χ3v) is 12.2. The second-order valence-electron chi connectivity index (χ2n) is 15.5. The predicted octanol–water partition coefficient (Wildman–Crippen LogP) is 6.83. The third kappa shape index (κ3) is 6.17. The Kier molecular flexibility index (Phi) is 8.66. The Hall–Kier alpha value is -6.04.